The monoisotopic (exact) mass is 364 g/mol. The van der Waals surface area contributed by atoms with E-state index in [1.165, 1.54) is 0 Å². The maximum Gasteiger partial charge on any atom is 0.181 e. The second-order valence-corrected chi connectivity index (χ2v) is 6.14. The maximum absolute atomic E-state index is 12.5. The lowest BCUT2D eigenvalue weighted by Crippen LogP contribution is -2.06. The fourth-order valence-corrected chi connectivity index (χ4v) is 3.84. The zero-order chi connectivity index (χ0) is 12.7. The molecule has 3 heteroatoms. The molecule has 90 valence electrons. The lowest BCUT2D eigenvalue weighted by atomic mass is 10.0. The van der Waals surface area contributed by atoms with Crippen LogP contribution in [0, 0.1) is 0 Å². The average Bonchev–Trinajstić information content (AvgIpc) is 2.51. The van der Waals surface area contributed by atoms with Gasteiger partial charge in [0.1, 0.15) is 4.83 Å². The van der Waals surface area contributed by atoms with Gasteiger partial charge in [0.2, 0.25) is 0 Å². The van der Waals surface area contributed by atoms with Crippen LogP contribution in [0.5, 0.6) is 0 Å². The van der Waals surface area contributed by atoms with Crippen molar-refractivity contribution in [1.82, 2.24) is 0 Å². The van der Waals surface area contributed by atoms with E-state index in [-0.39, 0.29) is 15.4 Å². The first-order chi connectivity index (χ1) is 8.70. The Bertz CT molecular complexity index is 621. The fourth-order valence-electron chi connectivity index (χ4n) is 2.36. The van der Waals surface area contributed by atoms with Crippen molar-refractivity contribution in [3.63, 3.8) is 0 Å². The predicted octanol–water partition coefficient (Wildman–Crippen LogP) is 4.80. The van der Waals surface area contributed by atoms with Crippen LogP contribution in [-0.2, 0) is 0 Å². The predicted molar refractivity (Wildman–Crippen MR) is 79.7 cm³/mol. The summed E-state index contributed by atoms with van der Waals surface area (Å²) in [4.78, 5) is 12.3. The van der Waals surface area contributed by atoms with E-state index in [4.69, 9.17) is 0 Å². The SMILES string of the molecule is O=C1c2ccccc2C(Br)c2ccccc2C1Br. The number of alkyl halides is 2. The third kappa shape index (κ3) is 1.77. The van der Waals surface area contributed by atoms with Crippen molar-refractivity contribution in [3.8, 4) is 0 Å². The van der Waals surface area contributed by atoms with Crippen molar-refractivity contribution >= 4 is 37.6 Å². The summed E-state index contributed by atoms with van der Waals surface area (Å²) in [6.07, 6.45) is 0. The summed E-state index contributed by atoms with van der Waals surface area (Å²) in [7, 11) is 0. The van der Waals surface area contributed by atoms with Crippen molar-refractivity contribution in [1.29, 1.82) is 0 Å². The zero-order valence-electron chi connectivity index (χ0n) is 9.44. The number of benzene rings is 2. The number of ketones is 1. The molecule has 0 amide bonds. The quantitative estimate of drug-likeness (QED) is 0.612. The Morgan fingerprint density at radius 2 is 1.22 bits per heavy atom. The van der Waals surface area contributed by atoms with Gasteiger partial charge in [0.15, 0.2) is 5.78 Å². The van der Waals surface area contributed by atoms with Gasteiger partial charge in [0, 0.05) is 5.56 Å². The summed E-state index contributed by atoms with van der Waals surface area (Å²) in [6.45, 7) is 0. The van der Waals surface area contributed by atoms with Gasteiger partial charge in [-0.15, -0.1) is 0 Å². The third-order valence-corrected chi connectivity index (χ3v) is 5.17. The first-order valence-electron chi connectivity index (χ1n) is 5.70. The van der Waals surface area contributed by atoms with Gasteiger partial charge in [-0.25, -0.2) is 0 Å². The van der Waals surface area contributed by atoms with Crippen LogP contribution in [0.4, 0.5) is 0 Å². The number of carbonyl (C=O) groups excluding carboxylic acids is 1. The maximum atomic E-state index is 12.5. The third-order valence-electron chi connectivity index (χ3n) is 3.27. The smallest absolute Gasteiger partial charge is 0.181 e. The molecular formula is C15H10Br2O. The van der Waals surface area contributed by atoms with Gasteiger partial charge < -0.3 is 0 Å². The van der Waals surface area contributed by atoms with E-state index in [0.29, 0.717) is 0 Å². The number of Topliss-reactive ketones (excluding diaryl/α,β-unsaturated/α-hetero) is 1. The number of hydrogen-bond donors (Lipinski definition) is 0. The minimum atomic E-state index is -0.266. The summed E-state index contributed by atoms with van der Waals surface area (Å²) in [5.74, 6) is 0.125. The van der Waals surface area contributed by atoms with Crippen molar-refractivity contribution < 1.29 is 4.79 Å². The number of hydrogen-bond acceptors (Lipinski definition) is 1. The summed E-state index contributed by atoms with van der Waals surface area (Å²) >= 11 is 7.25. The van der Waals surface area contributed by atoms with Crippen LogP contribution in [0.3, 0.4) is 0 Å². The number of halogens is 2. The lowest BCUT2D eigenvalue weighted by molar-refractivity contribution is 0.0991. The summed E-state index contributed by atoms with van der Waals surface area (Å²) in [5.41, 5.74) is 4.02. The molecule has 0 aromatic heterocycles. The summed E-state index contributed by atoms with van der Waals surface area (Å²) in [6, 6.07) is 15.8. The molecule has 2 atom stereocenters. The number of carbonyl (C=O) groups is 1. The first kappa shape index (κ1) is 12.1. The van der Waals surface area contributed by atoms with E-state index < -0.39 is 0 Å². The van der Waals surface area contributed by atoms with Crippen LogP contribution in [0.2, 0.25) is 0 Å². The lowest BCUT2D eigenvalue weighted by Gasteiger charge is -2.13. The molecule has 1 aliphatic rings. The van der Waals surface area contributed by atoms with Gasteiger partial charge in [0.05, 0.1) is 4.83 Å². The van der Waals surface area contributed by atoms with Crippen LogP contribution < -0.4 is 0 Å². The average molecular weight is 366 g/mol. The highest BCUT2D eigenvalue weighted by atomic mass is 79.9. The Balaban J connectivity index is 2.31. The van der Waals surface area contributed by atoms with Crippen LogP contribution in [0.25, 0.3) is 0 Å². The Hall–Kier alpha value is -0.930. The highest BCUT2D eigenvalue weighted by molar-refractivity contribution is 9.09. The fraction of sp³-hybridized carbons (Fsp3) is 0.133. The molecule has 18 heavy (non-hydrogen) atoms. The first-order valence-corrected chi connectivity index (χ1v) is 7.53. The molecule has 0 N–H and O–H groups in total. The van der Waals surface area contributed by atoms with Crippen molar-refractivity contribution in [2.75, 3.05) is 0 Å². The van der Waals surface area contributed by atoms with Gasteiger partial charge in [-0.1, -0.05) is 80.4 Å². The topological polar surface area (TPSA) is 17.1 Å². The molecule has 2 aromatic rings. The molecule has 0 fully saturated rings. The normalized spacial score (nSPS) is 22.0. The Kier molecular flexibility index (Phi) is 3.12. The minimum absolute atomic E-state index is 0.0661. The molecule has 2 aromatic carbocycles. The minimum Gasteiger partial charge on any atom is -0.293 e. The van der Waals surface area contributed by atoms with Gasteiger partial charge >= 0.3 is 0 Å². The van der Waals surface area contributed by atoms with Crippen LogP contribution in [0.1, 0.15) is 36.7 Å². The Labute approximate surface area is 122 Å². The van der Waals surface area contributed by atoms with E-state index in [1.807, 2.05) is 42.5 Å². The molecule has 2 unspecified atom stereocenters. The van der Waals surface area contributed by atoms with Crippen LogP contribution in [0.15, 0.2) is 48.5 Å². The molecule has 1 aliphatic carbocycles. The standard InChI is InChI=1S/C15H10Br2O/c16-13-9-5-1-2-6-10(9)14(17)15(18)12-8-4-3-7-11(12)13/h1-8,13-14H. The number of fused-ring (bicyclic) bond motifs is 2. The van der Waals surface area contributed by atoms with E-state index in [1.54, 1.807) is 0 Å². The molecule has 0 bridgehead atoms. The molecule has 0 aliphatic heterocycles. The molecule has 0 saturated heterocycles. The van der Waals surface area contributed by atoms with Gasteiger partial charge in [-0.3, -0.25) is 4.79 Å². The van der Waals surface area contributed by atoms with Gasteiger partial charge in [-0.05, 0) is 16.7 Å². The highest BCUT2D eigenvalue weighted by Crippen LogP contribution is 2.43. The molecule has 0 saturated carbocycles. The molecule has 0 heterocycles. The zero-order valence-corrected chi connectivity index (χ0v) is 12.6. The molecule has 0 radical (unpaired) electrons. The van der Waals surface area contributed by atoms with Crippen molar-refractivity contribution in [3.05, 3.63) is 70.8 Å². The number of rotatable bonds is 0. The van der Waals surface area contributed by atoms with Gasteiger partial charge in [0.25, 0.3) is 0 Å². The van der Waals surface area contributed by atoms with Gasteiger partial charge in [-0.2, -0.15) is 0 Å². The Morgan fingerprint density at radius 3 is 1.89 bits per heavy atom. The highest BCUT2D eigenvalue weighted by Gasteiger charge is 2.31. The molecule has 3 rings (SSSR count). The van der Waals surface area contributed by atoms with E-state index in [9.17, 15) is 4.79 Å². The van der Waals surface area contributed by atoms with E-state index in [2.05, 4.69) is 37.9 Å². The largest absolute Gasteiger partial charge is 0.293 e. The van der Waals surface area contributed by atoms with E-state index >= 15 is 0 Å². The van der Waals surface area contributed by atoms with Crippen LogP contribution >= 0.6 is 31.9 Å². The Morgan fingerprint density at radius 1 is 0.722 bits per heavy atom. The molecule has 0 spiro atoms. The molecular weight excluding hydrogens is 356 g/mol. The second kappa shape index (κ2) is 4.63. The summed E-state index contributed by atoms with van der Waals surface area (Å²) in [5, 5.41) is 0. The molecule has 1 nitrogen and oxygen atoms in total. The second-order valence-electron chi connectivity index (χ2n) is 4.31. The van der Waals surface area contributed by atoms with Crippen molar-refractivity contribution in [2.45, 2.75) is 9.65 Å². The van der Waals surface area contributed by atoms with Crippen molar-refractivity contribution in [2.24, 2.45) is 0 Å². The summed E-state index contributed by atoms with van der Waals surface area (Å²) < 4.78 is 0. The van der Waals surface area contributed by atoms with E-state index in [0.717, 1.165) is 22.3 Å². The van der Waals surface area contributed by atoms with Crippen LogP contribution in [-0.4, -0.2) is 5.78 Å².